The fourth-order valence-electron chi connectivity index (χ4n) is 4.57. The third kappa shape index (κ3) is 3.97. The van der Waals surface area contributed by atoms with Crippen molar-refractivity contribution in [2.45, 2.75) is 6.42 Å². The van der Waals surface area contributed by atoms with Gasteiger partial charge in [-0.2, -0.15) is 0 Å². The molecular weight excluding hydrogens is 460 g/mol. The Morgan fingerprint density at radius 1 is 1.00 bits per heavy atom. The van der Waals surface area contributed by atoms with Crippen LogP contribution in [0.3, 0.4) is 0 Å². The third-order valence-corrected chi connectivity index (χ3v) is 7.24. The molecule has 176 valence electrons. The molecule has 1 aliphatic heterocycles. The molecule has 5 aromatic rings. The van der Waals surface area contributed by atoms with E-state index >= 15 is 0 Å². The maximum atomic E-state index is 13.0. The summed E-state index contributed by atoms with van der Waals surface area (Å²) in [7, 11) is 1.64. The Morgan fingerprint density at radius 2 is 1.86 bits per heavy atom. The lowest BCUT2D eigenvalue weighted by molar-refractivity contribution is -0.130. The number of hydrogen-bond acceptors (Lipinski definition) is 7. The minimum Gasteiger partial charge on any atom is -0.497 e. The first-order valence-corrected chi connectivity index (χ1v) is 12.4. The van der Waals surface area contributed by atoms with Gasteiger partial charge in [-0.15, -0.1) is 21.5 Å². The van der Waals surface area contributed by atoms with Crippen LogP contribution in [-0.4, -0.2) is 63.7 Å². The molecular formula is C26H24N6O2S. The van der Waals surface area contributed by atoms with E-state index in [2.05, 4.69) is 25.6 Å². The second kappa shape index (κ2) is 8.99. The molecule has 0 spiro atoms. The Balaban J connectivity index is 1.28. The molecule has 1 fully saturated rings. The number of aromatic nitrogens is 4. The van der Waals surface area contributed by atoms with Gasteiger partial charge >= 0.3 is 0 Å². The van der Waals surface area contributed by atoms with E-state index in [4.69, 9.17) is 9.72 Å². The lowest BCUT2D eigenvalue weighted by Crippen LogP contribution is -2.50. The highest BCUT2D eigenvalue weighted by molar-refractivity contribution is 7.13. The molecule has 0 aliphatic carbocycles. The number of thiophene rings is 1. The molecule has 8 nitrogen and oxygen atoms in total. The van der Waals surface area contributed by atoms with E-state index in [9.17, 15) is 4.79 Å². The minimum atomic E-state index is 0.123. The molecule has 0 bridgehead atoms. The molecule has 0 N–H and O–H groups in total. The molecule has 0 saturated carbocycles. The summed E-state index contributed by atoms with van der Waals surface area (Å²) in [6.07, 6.45) is 0.365. The van der Waals surface area contributed by atoms with E-state index < -0.39 is 0 Å². The zero-order valence-electron chi connectivity index (χ0n) is 19.3. The highest BCUT2D eigenvalue weighted by atomic mass is 32.1. The molecule has 6 rings (SSSR count). The Labute approximate surface area is 206 Å². The molecule has 1 aliphatic rings. The zero-order chi connectivity index (χ0) is 23.8. The minimum absolute atomic E-state index is 0.123. The number of nitrogens with zero attached hydrogens (tertiary/aromatic N) is 6. The van der Waals surface area contributed by atoms with Gasteiger partial charge in [-0.25, -0.2) is 9.38 Å². The lowest BCUT2D eigenvalue weighted by Gasteiger charge is -2.35. The van der Waals surface area contributed by atoms with Crippen LogP contribution in [0.1, 0.15) is 5.56 Å². The molecule has 0 unspecified atom stereocenters. The summed E-state index contributed by atoms with van der Waals surface area (Å²) in [5.74, 6) is 2.49. The summed E-state index contributed by atoms with van der Waals surface area (Å²) in [4.78, 5) is 23.2. The van der Waals surface area contributed by atoms with Crippen LogP contribution < -0.4 is 9.64 Å². The summed E-state index contributed by atoms with van der Waals surface area (Å²) in [6, 6.07) is 19.8. The summed E-state index contributed by atoms with van der Waals surface area (Å²) in [5, 5.41) is 12.1. The number of amides is 1. The maximum absolute atomic E-state index is 13.0. The first-order chi connectivity index (χ1) is 17.2. The molecule has 9 heteroatoms. The molecule has 0 atom stereocenters. The van der Waals surface area contributed by atoms with Gasteiger partial charge in [-0.05, 0) is 41.3 Å². The predicted octanol–water partition coefficient (Wildman–Crippen LogP) is 3.91. The number of ether oxygens (including phenoxy) is 1. The van der Waals surface area contributed by atoms with Crippen molar-refractivity contribution in [3.05, 3.63) is 71.6 Å². The van der Waals surface area contributed by atoms with Crippen molar-refractivity contribution in [3.63, 3.8) is 0 Å². The predicted molar refractivity (Wildman–Crippen MR) is 137 cm³/mol. The number of carbonyl (C=O) groups is 1. The summed E-state index contributed by atoms with van der Waals surface area (Å²) >= 11 is 1.63. The van der Waals surface area contributed by atoms with Crippen molar-refractivity contribution in [1.29, 1.82) is 0 Å². The number of rotatable bonds is 5. The van der Waals surface area contributed by atoms with Gasteiger partial charge < -0.3 is 14.5 Å². The highest BCUT2D eigenvalue weighted by Crippen LogP contribution is 2.30. The van der Waals surface area contributed by atoms with Crippen molar-refractivity contribution in [1.82, 2.24) is 24.5 Å². The van der Waals surface area contributed by atoms with E-state index in [0.29, 0.717) is 32.6 Å². The summed E-state index contributed by atoms with van der Waals surface area (Å²) in [5.41, 5.74) is 2.64. The van der Waals surface area contributed by atoms with Crippen LogP contribution in [0.2, 0.25) is 0 Å². The van der Waals surface area contributed by atoms with Gasteiger partial charge in [0.1, 0.15) is 5.75 Å². The van der Waals surface area contributed by atoms with Crippen LogP contribution in [0.15, 0.2) is 66.0 Å². The monoisotopic (exact) mass is 484 g/mol. The largest absolute Gasteiger partial charge is 0.497 e. The normalized spacial score (nSPS) is 14.1. The van der Waals surface area contributed by atoms with E-state index in [1.807, 2.05) is 64.9 Å². The van der Waals surface area contributed by atoms with Gasteiger partial charge in [-0.3, -0.25) is 4.79 Å². The lowest BCUT2D eigenvalue weighted by atomic mass is 10.1. The van der Waals surface area contributed by atoms with Gasteiger partial charge in [0, 0.05) is 31.6 Å². The van der Waals surface area contributed by atoms with Crippen LogP contribution >= 0.6 is 11.3 Å². The van der Waals surface area contributed by atoms with Crippen molar-refractivity contribution in [3.8, 4) is 16.5 Å². The average Bonchev–Trinajstić information content (AvgIpc) is 3.59. The number of benzene rings is 2. The van der Waals surface area contributed by atoms with Gasteiger partial charge in [0.25, 0.3) is 0 Å². The Morgan fingerprint density at radius 3 is 2.66 bits per heavy atom. The molecule has 35 heavy (non-hydrogen) atoms. The van der Waals surface area contributed by atoms with Crippen molar-refractivity contribution >= 4 is 39.7 Å². The second-order valence-corrected chi connectivity index (χ2v) is 9.43. The topological polar surface area (TPSA) is 75.9 Å². The second-order valence-electron chi connectivity index (χ2n) is 8.49. The van der Waals surface area contributed by atoms with Crippen LogP contribution in [0.5, 0.6) is 5.75 Å². The zero-order valence-corrected chi connectivity index (χ0v) is 20.1. The summed E-state index contributed by atoms with van der Waals surface area (Å²) < 4.78 is 7.35. The third-order valence-electron chi connectivity index (χ3n) is 6.37. The van der Waals surface area contributed by atoms with Crippen molar-refractivity contribution in [2.24, 2.45) is 0 Å². The van der Waals surface area contributed by atoms with Crippen LogP contribution in [0, 0.1) is 0 Å². The standard InChI is InChI=1S/C26H24N6O2S/c1-34-19-7-4-6-18(16-19)17-23(33)30-11-13-31(14-12-30)26-27-21-9-3-2-8-20(21)24-28-29-25(32(24)26)22-10-5-15-35-22/h2-10,15-16H,11-14,17H2,1H3. The smallest absolute Gasteiger partial charge is 0.227 e. The van der Waals surface area contributed by atoms with Crippen LogP contribution in [-0.2, 0) is 11.2 Å². The quantitative estimate of drug-likeness (QED) is 0.377. The SMILES string of the molecule is COc1cccc(CC(=O)N2CCN(c3nc4ccccc4c4nnc(-c5cccs5)n34)CC2)c1. The van der Waals surface area contributed by atoms with E-state index in [0.717, 1.165) is 44.5 Å². The number of fused-ring (bicyclic) bond motifs is 3. The molecule has 2 aromatic carbocycles. The van der Waals surface area contributed by atoms with E-state index in [1.54, 1.807) is 18.4 Å². The van der Waals surface area contributed by atoms with Crippen molar-refractivity contribution < 1.29 is 9.53 Å². The fraction of sp³-hybridized carbons (Fsp3) is 0.231. The number of para-hydroxylation sites is 1. The number of anilines is 1. The number of piperazine rings is 1. The number of carbonyl (C=O) groups excluding carboxylic acids is 1. The van der Waals surface area contributed by atoms with Crippen LogP contribution in [0.4, 0.5) is 5.95 Å². The molecule has 1 amide bonds. The van der Waals surface area contributed by atoms with E-state index in [1.165, 1.54) is 0 Å². The molecule has 0 radical (unpaired) electrons. The number of methoxy groups -OCH3 is 1. The van der Waals surface area contributed by atoms with Gasteiger partial charge in [0.2, 0.25) is 11.9 Å². The van der Waals surface area contributed by atoms with Crippen LogP contribution in [0.25, 0.3) is 27.3 Å². The van der Waals surface area contributed by atoms with Gasteiger partial charge in [-0.1, -0.05) is 30.3 Å². The first kappa shape index (κ1) is 21.5. The average molecular weight is 485 g/mol. The molecule has 1 saturated heterocycles. The van der Waals surface area contributed by atoms with Gasteiger partial charge in [0.15, 0.2) is 11.5 Å². The number of hydrogen-bond donors (Lipinski definition) is 0. The fourth-order valence-corrected chi connectivity index (χ4v) is 5.27. The first-order valence-electron chi connectivity index (χ1n) is 11.5. The molecule has 4 heterocycles. The highest BCUT2D eigenvalue weighted by Gasteiger charge is 2.26. The maximum Gasteiger partial charge on any atom is 0.227 e. The Hall–Kier alpha value is -3.98. The molecule has 3 aromatic heterocycles. The summed E-state index contributed by atoms with van der Waals surface area (Å²) in [6.45, 7) is 2.64. The Bertz CT molecular complexity index is 1510. The van der Waals surface area contributed by atoms with Gasteiger partial charge in [0.05, 0.1) is 23.9 Å². The Kier molecular flexibility index (Phi) is 5.54. The van der Waals surface area contributed by atoms with E-state index in [-0.39, 0.29) is 5.91 Å². The van der Waals surface area contributed by atoms with Crippen molar-refractivity contribution in [2.75, 3.05) is 38.2 Å².